The average Bonchev–Trinajstić information content (AvgIpc) is 3.36. The molecule has 0 aromatic carbocycles. The smallest absolute Gasteiger partial charge is 0.262 e. The van der Waals surface area contributed by atoms with Gasteiger partial charge in [0.15, 0.2) is 0 Å². The molecule has 148 valence electrons. The number of fused-ring (bicyclic) bond motifs is 2. The minimum atomic E-state index is -1.06. The molecule has 1 saturated carbocycles. The highest BCUT2D eigenvalue weighted by molar-refractivity contribution is 7.14. The summed E-state index contributed by atoms with van der Waals surface area (Å²) in [6.07, 6.45) is 5.44. The molecule has 8 heteroatoms. The zero-order valence-electron chi connectivity index (χ0n) is 15.4. The SMILES string of the molecule is NC(=O)[C@H](CO)NC(=O)c1cc2c(s1)C1(CCN(CC3CC3)CC1)OCC2. The van der Waals surface area contributed by atoms with E-state index in [9.17, 15) is 14.7 Å². The number of aliphatic hydroxyl groups excluding tert-OH is 1. The zero-order valence-corrected chi connectivity index (χ0v) is 16.2. The lowest BCUT2D eigenvalue weighted by atomic mass is 9.85. The number of primary amides is 1. The summed E-state index contributed by atoms with van der Waals surface area (Å²) < 4.78 is 6.27. The predicted molar refractivity (Wildman–Crippen MR) is 102 cm³/mol. The second-order valence-electron chi connectivity index (χ2n) is 7.91. The van der Waals surface area contributed by atoms with E-state index in [0.29, 0.717) is 11.5 Å². The van der Waals surface area contributed by atoms with Gasteiger partial charge in [-0.05, 0) is 49.7 Å². The average molecular weight is 394 g/mol. The molecule has 0 radical (unpaired) electrons. The number of rotatable bonds is 6. The third kappa shape index (κ3) is 3.89. The van der Waals surface area contributed by atoms with E-state index in [-0.39, 0.29) is 11.5 Å². The van der Waals surface area contributed by atoms with Gasteiger partial charge in [0.2, 0.25) is 5.91 Å². The summed E-state index contributed by atoms with van der Waals surface area (Å²) in [5.41, 5.74) is 6.09. The molecule has 4 N–H and O–H groups in total. The van der Waals surface area contributed by atoms with Crippen molar-refractivity contribution < 1.29 is 19.4 Å². The zero-order chi connectivity index (χ0) is 19.0. The van der Waals surface area contributed by atoms with Crippen LogP contribution in [-0.2, 0) is 21.6 Å². The molecule has 1 atom stereocenters. The lowest BCUT2D eigenvalue weighted by Crippen LogP contribution is -2.46. The molecule has 2 fully saturated rings. The van der Waals surface area contributed by atoms with Crippen LogP contribution in [0.5, 0.6) is 0 Å². The summed E-state index contributed by atoms with van der Waals surface area (Å²) in [7, 11) is 0. The van der Waals surface area contributed by atoms with Crippen LogP contribution in [0.25, 0.3) is 0 Å². The van der Waals surface area contributed by atoms with E-state index in [1.54, 1.807) is 0 Å². The summed E-state index contributed by atoms with van der Waals surface area (Å²) in [5.74, 6) is -0.216. The van der Waals surface area contributed by atoms with Crippen LogP contribution in [0, 0.1) is 5.92 Å². The Kier molecular flexibility index (Phi) is 5.24. The number of nitrogens with two attached hydrogens (primary N) is 1. The van der Waals surface area contributed by atoms with Crippen molar-refractivity contribution in [1.82, 2.24) is 10.2 Å². The van der Waals surface area contributed by atoms with E-state index in [2.05, 4.69) is 10.2 Å². The number of ether oxygens (including phenoxy) is 1. The maximum Gasteiger partial charge on any atom is 0.262 e. The number of amides is 2. The molecule has 4 rings (SSSR count). The Morgan fingerprint density at radius 3 is 2.78 bits per heavy atom. The van der Waals surface area contributed by atoms with Crippen LogP contribution in [0.4, 0.5) is 0 Å². The number of carbonyl (C=O) groups excluding carboxylic acids is 2. The topological polar surface area (TPSA) is 105 Å². The number of carbonyl (C=O) groups is 2. The summed E-state index contributed by atoms with van der Waals surface area (Å²) in [6.45, 7) is 3.44. The first-order chi connectivity index (χ1) is 13.0. The lowest BCUT2D eigenvalue weighted by molar-refractivity contribution is -0.120. The van der Waals surface area contributed by atoms with Gasteiger partial charge < -0.3 is 25.8 Å². The molecule has 1 aliphatic carbocycles. The molecule has 3 aliphatic rings. The number of nitrogens with one attached hydrogen (secondary N) is 1. The fourth-order valence-corrected chi connectivity index (χ4v) is 5.42. The first-order valence-electron chi connectivity index (χ1n) is 9.71. The molecule has 7 nitrogen and oxygen atoms in total. The quantitative estimate of drug-likeness (QED) is 0.656. The van der Waals surface area contributed by atoms with Crippen LogP contribution in [-0.4, -0.2) is 60.7 Å². The minimum Gasteiger partial charge on any atom is -0.394 e. The predicted octanol–water partition coefficient (Wildman–Crippen LogP) is 0.598. The molecule has 1 aromatic rings. The van der Waals surface area contributed by atoms with Crippen molar-refractivity contribution in [1.29, 1.82) is 0 Å². The van der Waals surface area contributed by atoms with Crippen LogP contribution in [0.2, 0.25) is 0 Å². The van der Waals surface area contributed by atoms with E-state index < -0.39 is 18.6 Å². The van der Waals surface area contributed by atoms with Gasteiger partial charge in [-0.1, -0.05) is 0 Å². The molecule has 0 unspecified atom stereocenters. The summed E-state index contributed by atoms with van der Waals surface area (Å²) in [6, 6.07) is 0.846. The van der Waals surface area contributed by atoms with Gasteiger partial charge in [0.1, 0.15) is 11.6 Å². The third-order valence-electron chi connectivity index (χ3n) is 5.90. The normalized spacial score (nSPS) is 23.0. The molecule has 1 saturated heterocycles. The fourth-order valence-electron chi connectivity index (χ4n) is 4.10. The maximum absolute atomic E-state index is 12.5. The van der Waals surface area contributed by atoms with Crippen molar-refractivity contribution in [2.45, 2.75) is 43.7 Å². The molecular weight excluding hydrogens is 366 g/mol. The van der Waals surface area contributed by atoms with Crippen molar-refractivity contribution in [2.75, 3.05) is 32.8 Å². The van der Waals surface area contributed by atoms with E-state index in [1.807, 2.05) is 6.07 Å². The molecule has 2 aliphatic heterocycles. The fraction of sp³-hybridized carbons (Fsp3) is 0.684. The maximum atomic E-state index is 12.5. The van der Waals surface area contributed by atoms with Crippen molar-refractivity contribution in [2.24, 2.45) is 11.7 Å². The van der Waals surface area contributed by atoms with Crippen LogP contribution < -0.4 is 11.1 Å². The van der Waals surface area contributed by atoms with E-state index in [4.69, 9.17) is 10.5 Å². The summed E-state index contributed by atoms with van der Waals surface area (Å²) in [5, 5.41) is 11.7. The molecule has 27 heavy (non-hydrogen) atoms. The Morgan fingerprint density at radius 1 is 1.41 bits per heavy atom. The number of nitrogens with zero attached hydrogens (tertiary/aromatic N) is 1. The summed E-state index contributed by atoms with van der Waals surface area (Å²) >= 11 is 1.45. The number of piperidine rings is 1. The van der Waals surface area contributed by atoms with E-state index in [0.717, 1.165) is 43.1 Å². The second-order valence-corrected chi connectivity index (χ2v) is 8.96. The lowest BCUT2D eigenvalue weighted by Gasteiger charge is -2.43. The highest BCUT2D eigenvalue weighted by Gasteiger charge is 2.43. The molecule has 0 bridgehead atoms. The third-order valence-corrected chi connectivity index (χ3v) is 7.27. The van der Waals surface area contributed by atoms with Gasteiger partial charge >= 0.3 is 0 Å². The van der Waals surface area contributed by atoms with Gasteiger partial charge in [0.25, 0.3) is 5.91 Å². The van der Waals surface area contributed by atoms with Gasteiger partial charge in [0, 0.05) is 24.5 Å². The molecule has 3 heterocycles. The van der Waals surface area contributed by atoms with Crippen LogP contribution >= 0.6 is 11.3 Å². The van der Waals surface area contributed by atoms with Crippen molar-refractivity contribution in [3.05, 3.63) is 21.4 Å². The number of hydrogen-bond donors (Lipinski definition) is 3. The Labute approximate surface area is 162 Å². The van der Waals surface area contributed by atoms with Gasteiger partial charge in [-0.15, -0.1) is 11.3 Å². The van der Waals surface area contributed by atoms with Crippen molar-refractivity contribution in [3.63, 3.8) is 0 Å². The second kappa shape index (κ2) is 7.50. The number of likely N-dealkylation sites (tertiary alicyclic amines) is 1. The van der Waals surface area contributed by atoms with Crippen molar-refractivity contribution in [3.8, 4) is 0 Å². The highest BCUT2D eigenvalue weighted by Crippen LogP contribution is 2.46. The Hall–Kier alpha value is -1.48. The first kappa shape index (κ1) is 18.9. The van der Waals surface area contributed by atoms with Gasteiger partial charge in [-0.3, -0.25) is 9.59 Å². The molecule has 1 spiro atoms. The number of thiophene rings is 1. The number of hydrogen-bond acceptors (Lipinski definition) is 6. The van der Waals surface area contributed by atoms with Crippen LogP contribution in [0.1, 0.15) is 45.8 Å². The highest BCUT2D eigenvalue weighted by atomic mass is 32.1. The minimum absolute atomic E-state index is 0.281. The Morgan fingerprint density at radius 2 is 2.15 bits per heavy atom. The van der Waals surface area contributed by atoms with Gasteiger partial charge in [-0.2, -0.15) is 0 Å². The van der Waals surface area contributed by atoms with Crippen LogP contribution in [0.15, 0.2) is 6.07 Å². The van der Waals surface area contributed by atoms with Crippen molar-refractivity contribution >= 4 is 23.2 Å². The van der Waals surface area contributed by atoms with E-state index in [1.165, 1.54) is 36.3 Å². The molecule has 1 aromatic heterocycles. The van der Waals surface area contributed by atoms with Gasteiger partial charge in [0.05, 0.1) is 18.1 Å². The standard InChI is InChI=1S/C19H27N3O4S/c20-17(24)14(11-23)21-18(25)15-9-13-3-8-26-19(16(13)27-15)4-6-22(7-5-19)10-12-1-2-12/h9,12,14,23H,1-8,10-11H2,(H2,20,24)(H,21,25)/t14-/m0/s1. The van der Waals surface area contributed by atoms with E-state index >= 15 is 0 Å². The first-order valence-corrected chi connectivity index (χ1v) is 10.5. The Balaban J connectivity index is 1.48. The molecule has 2 amide bonds. The Bertz CT molecular complexity index is 723. The summed E-state index contributed by atoms with van der Waals surface area (Å²) in [4.78, 5) is 28.0. The molecular formula is C19H27N3O4S. The van der Waals surface area contributed by atoms with Crippen LogP contribution in [0.3, 0.4) is 0 Å². The largest absolute Gasteiger partial charge is 0.394 e. The van der Waals surface area contributed by atoms with Gasteiger partial charge in [-0.25, -0.2) is 0 Å². The monoisotopic (exact) mass is 393 g/mol. The number of aliphatic hydroxyl groups is 1.